The number of nitrogens with two attached hydrogens (primary N) is 1. The lowest BCUT2D eigenvalue weighted by Gasteiger charge is -2.16. The minimum atomic E-state index is -0.852. The third kappa shape index (κ3) is 6.42. The SMILES string of the molecule is CN=CC(=CN)c1cc(Oc2ccc(NC(=O)c3cn(C(C)C)c(=O)n(-c4ccc(F)cc4)c3=O)cc2Cl)ccn1. The molecule has 210 valence electrons. The molecular weight excluding hydrogens is 551 g/mol. The number of amides is 1. The summed E-state index contributed by atoms with van der Waals surface area (Å²) in [6, 6.07) is 12.3. The van der Waals surface area contributed by atoms with Crippen LogP contribution in [-0.2, 0) is 0 Å². The molecule has 4 aromatic rings. The van der Waals surface area contributed by atoms with Crippen LogP contribution < -0.4 is 27.0 Å². The maximum absolute atomic E-state index is 13.5. The van der Waals surface area contributed by atoms with Crippen LogP contribution >= 0.6 is 11.6 Å². The van der Waals surface area contributed by atoms with Gasteiger partial charge in [0.2, 0.25) is 0 Å². The zero-order chi connectivity index (χ0) is 29.7. The number of hydrogen-bond donors (Lipinski definition) is 2. The van der Waals surface area contributed by atoms with E-state index in [-0.39, 0.29) is 28.0 Å². The van der Waals surface area contributed by atoms with Gasteiger partial charge in [-0.3, -0.25) is 24.1 Å². The van der Waals surface area contributed by atoms with E-state index in [2.05, 4.69) is 15.3 Å². The van der Waals surface area contributed by atoms with E-state index in [4.69, 9.17) is 22.1 Å². The Kier molecular flexibility index (Phi) is 8.78. The minimum Gasteiger partial charge on any atom is -0.456 e. The molecule has 4 rings (SSSR count). The average Bonchev–Trinajstić information content (AvgIpc) is 2.94. The number of halogens is 2. The molecule has 10 nitrogen and oxygen atoms in total. The number of benzene rings is 2. The van der Waals surface area contributed by atoms with Gasteiger partial charge in [-0.2, -0.15) is 0 Å². The summed E-state index contributed by atoms with van der Waals surface area (Å²) < 4.78 is 21.5. The summed E-state index contributed by atoms with van der Waals surface area (Å²) in [5.74, 6) is -0.551. The van der Waals surface area contributed by atoms with Crippen molar-refractivity contribution in [1.29, 1.82) is 0 Å². The first-order chi connectivity index (χ1) is 19.6. The number of rotatable bonds is 8. The van der Waals surface area contributed by atoms with Crippen molar-refractivity contribution in [1.82, 2.24) is 14.1 Å². The fraction of sp³-hybridized carbons (Fsp3) is 0.138. The normalized spacial score (nSPS) is 11.7. The Labute approximate surface area is 239 Å². The average molecular weight is 577 g/mol. The van der Waals surface area contributed by atoms with E-state index in [1.165, 1.54) is 35.2 Å². The van der Waals surface area contributed by atoms with Crippen LogP contribution in [0.1, 0.15) is 35.9 Å². The molecule has 0 atom stereocenters. The maximum Gasteiger partial charge on any atom is 0.335 e. The molecule has 0 saturated carbocycles. The van der Waals surface area contributed by atoms with Crippen LogP contribution in [0.2, 0.25) is 5.02 Å². The molecule has 0 aliphatic heterocycles. The molecule has 41 heavy (non-hydrogen) atoms. The van der Waals surface area contributed by atoms with Crippen LogP contribution in [0.3, 0.4) is 0 Å². The van der Waals surface area contributed by atoms with Crippen molar-refractivity contribution in [3.05, 3.63) is 116 Å². The van der Waals surface area contributed by atoms with Gasteiger partial charge in [0.1, 0.15) is 22.9 Å². The summed E-state index contributed by atoms with van der Waals surface area (Å²) in [5, 5.41) is 2.82. The molecule has 0 unspecified atom stereocenters. The number of hydrogen-bond acceptors (Lipinski definition) is 7. The number of aliphatic imine (C=N–C) groups is 1. The summed E-state index contributed by atoms with van der Waals surface area (Å²) in [5.41, 5.74) is 5.42. The van der Waals surface area contributed by atoms with Gasteiger partial charge < -0.3 is 15.8 Å². The smallest absolute Gasteiger partial charge is 0.335 e. The predicted molar refractivity (Wildman–Crippen MR) is 157 cm³/mol. The number of nitrogens with one attached hydrogen (secondary N) is 1. The molecule has 0 bridgehead atoms. The van der Waals surface area contributed by atoms with Crippen molar-refractivity contribution in [3.8, 4) is 17.2 Å². The van der Waals surface area contributed by atoms with E-state index in [0.29, 0.717) is 22.8 Å². The third-order valence-corrected chi connectivity index (χ3v) is 6.19. The third-order valence-electron chi connectivity index (χ3n) is 5.89. The van der Waals surface area contributed by atoms with Gasteiger partial charge in [-0.1, -0.05) is 11.6 Å². The summed E-state index contributed by atoms with van der Waals surface area (Å²) in [6.07, 6.45) is 5.71. The number of aromatic nitrogens is 3. The van der Waals surface area contributed by atoms with E-state index in [0.717, 1.165) is 16.7 Å². The quantitative estimate of drug-likeness (QED) is 0.289. The van der Waals surface area contributed by atoms with Gasteiger partial charge in [0.15, 0.2) is 0 Å². The van der Waals surface area contributed by atoms with E-state index in [9.17, 15) is 18.8 Å². The molecule has 0 radical (unpaired) electrons. The van der Waals surface area contributed by atoms with Gasteiger partial charge >= 0.3 is 5.69 Å². The van der Waals surface area contributed by atoms with Crippen molar-refractivity contribution in [3.63, 3.8) is 0 Å². The lowest BCUT2D eigenvalue weighted by atomic mass is 10.2. The number of nitrogens with zero attached hydrogens (tertiary/aromatic N) is 4. The Bertz CT molecular complexity index is 1780. The zero-order valence-electron chi connectivity index (χ0n) is 22.3. The Morgan fingerprint density at radius 1 is 1.15 bits per heavy atom. The van der Waals surface area contributed by atoms with Crippen molar-refractivity contribution in [2.75, 3.05) is 12.4 Å². The molecule has 3 N–H and O–H groups in total. The second-order valence-corrected chi connectivity index (χ2v) is 9.44. The van der Waals surface area contributed by atoms with Crippen LogP contribution in [-0.4, -0.2) is 33.3 Å². The monoisotopic (exact) mass is 576 g/mol. The van der Waals surface area contributed by atoms with Crippen molar-refractivity contribution < 1.29 is 13.9 Å². The molecule has 2 aromatic carbocycles. The Morgan fingerprint density at radius 3 is 2.51 bits per heavy atom. The topological polar surface area (TPSA) is 134 Å². The highest BCUT2D eigenvalue weighted by Crippen LogP contribution is 2.32. The van der Waals surface area contributed by atoms with Crippen molar-refractivity contribution in [2.45, 2.75) is 19.9 Å². The van der Waals surface area contributed by atoms with E-state index >= 15 is 0 Å². The number of allylic oxidation sites excluding steroid dienone is 1. The predicted octanol–water partition coefficient (Wildman–Crippen LogP) is 4.81. The molecule has 1 amide bonds. The molecule has 2 aromatic heterocycles. The molecule has 0 saturated heterocycles. The van der Waals surface area contributed by atoms with Gasteiger partial charge in [-0.15, -0.1) is 0 Å². The summed E-state index contributed by atoms with van der Waals surface area (Å²) >= 11 is 6.44. The largest absolute Gasteiger partial charge is 0.456 e. The fourth-order valence-corrected chi connectivity index (χ4v) is 4.09. The van der Waals surface area contributed by atoms with E-state index in [1.807, 2.05) is 0 Å². The van der Waals surface area contributed by atoms with Crippen LogP contribution in [0.4, 0.5) is 10.1 Å². The highest BCUT2D eigenvalue weighted by molar-refractivity contribution is 6.32. The molecule has 0 fully saturated rings. The summed E-state index contributed by atoms with van der Waals surface area (Å²) in [7, 11) is 1.62. The highest BCUT2D eigenvalue weighted by atomic mass is 35.5. The highest BCUT2D eigenvalue weighted by Gasteiger charge is 2.20. The molecule has 0 aliphatic carbocycles. The van der Waals surface area contributed by atoms with Crippen molar-refractivity contribution in [2.24, 2.45) is 10.7 Å². The Balaban J connectivity index is 1.62. The minimum absolute atomic E-state index is 0.130. The number of carbonyl (C=O) groups is 1. The van der Waals surface area contributed by atoms with Gasteiger partial charge in [-0.25, -0.2) is 13.8 Å². The summed E-state index contributed by atoms with van der Waals surface area (Å²) in [4.78, 5) is 47.7. The first-order valence-corrected chi connectivity index (χ1v) is 12.7. The number of pyridine rings is 1. The zero-order valence-corrected chi connectivity index (χ0v) is 23.1. The fourth-order valence-electron chi connectivity index (χ4n) is 3.87. The van der Waals surface area contributed by atoms with E-state index in [1.54, 1.807) is 57.6 Å². The number of ether oxygens (including phenoxy) is 1. The molecule has 0 aliphatic rings. The summed E-state index contributed by atoms with van der Waals surface area (Å²) in [6.45, 7) is 3.47. The molecule has 0 spiro atoms. The standard InChI is InChI=1S/C29H26ClFN6O4/c1-17(2)36-16-23(28(39)37(29(36)40)21-7-4-19(31)5-8-21)27(38)35-20-6-9-26(24(30)12-20)41-22-10-11-34-25(13-22)18(14-32)15-33-3/h4-17H,32H2,1-3H3,(H,35,38). The van der Waals surface area contributed by atoms with Gasteiger partial charge in [0.25, 0.3) is 11.5 Å². The molecule has 2 heterocycles. The van der Waals surface area contributed by atoms with E-state index < -0.39 is 23.0 Å². The number of carbonyl (C=O) groups excluding carboxylic acids is 1. The Hall–Kier alpha value is -5.03. The van der Waals surface area contributed by atoms with Crippen LogP contribution in [0, 0.1) is 5.82 Å². The maximum atomic E-state index is 13.5. The van der Waals surface area contributed by atoms with Gasteiger partial charge in [0, 0.05) is 55.2 Å². The lowest BCUT2D eigenvalue weighted by molar-refractivity contribution is 0.102. The van der Waals surface area contributed by atoms with Gasteiger partial charge in [-0.05, 0) is 62.4 Å². The van der Waals surface area contributed by atoms with Crippen LogP contribution in [0.25, 0.3) is 11.3 Å². The van der Waals surface area contributed by atoms with Crippen molar-refractivity contribution >= 4 is 35.0 Å². The second-order valence-electron chi connectivity index (χ2n) is 9.03. The lowest BCUT2D eigenvalue weighted by Crippen LogP contribution is -2.42. The van der Waals surface area contributed by atoms with Crippen LogP contribution in [0.15, 0.2) is 87.8 Å². The second kappa shape index (κ2) is 12.4. The Morgan fingerprint density at radius 2 is 1.88 bits per heavy atom. The number of anilines is 1. The van der Waals surface area contributed by atoms with Crippen LogP contribution in [0.5, 0.6) is 11.5 Å². The molecular formula is C29H26ClFN6O4. The first kappa shape index (κ1) is 29.0. The first-order valence-electron chi connectivity index (χ1n) is 12.4. The molecule has 12 heteroatoms. The van der Waals surface area contributed by atoms with Gasteiger partial charge in [0.05, 0.1) is 16.4 Å².